The van der Waals surface area contributed by atoms with Gasteiger partial charge in [0.1, 0.15) is 0 Å². The van der Waals surface area contributed by atoms with Gasteiger partial charge in [-0.1, -0.05) is 0 Å². The van der Waals surface area contributed by atoms with Crippen molar-refractivity contribution in [2.45, 2.75) is 0 Å². The summed E-state index contributed by atoms with van der Waals surface area (Å²) in [5, 5.41) is 0. The molecule has 0 aromatic rings. The minimum Gasteiger partial charge on any atom is 0 e. The summed E-state index contributed by atoms with van der Waals surface area (Å²) in [4.78, 5) is 0. The molecular formula is HeSmThU. The molecule has 0 aromatic heterocycles. The molecule has 0 amide bonds. The van der Waals surface area contributed by atoms with Crippen molar-refractivity contribution in [3.8, 4) is 0 Å². The van der Waals surface area contributed by atoms with Crippen molar-refractivity contribution in [3.05, 3.63) is 0 Å². The molecule has 4 heteroatoms. The quantitative estimate of drug-likeness (QED) is 0.357. The van der Waals surface area contributed by atoms with Gasteiger partial charge in [-0.15, -0.1) is 0 Å². The summed E-state index contributed by atoms with van der Waals surface area (Å²) in [6.07, 6.45) is 0. The van der Waals surface area contributed by atoms with Crippen LogP contribution in [0.5, 0.6) is 0 Å². The van der Waals surface area contributed by atoms with Crippen LogP contribution < -0.4 is 0 Å². The molecule has 0 N–H and O–H groups in total. The Balaban J connectivity index is 0. The fraction of sp³-hybridized carbons (Fsp3) is 0. The Hall–Kier alpha value is 3.62. The minimum absolute atomic E-state index is 0. The minimum atomic E-state index is 0. The van der Waals surface area contributed by atoms with Gasteiger partial charge in [0.15, 0.2) is 0 Å². The molecule has 0 atom stereocenters. The van der Waals surface area contributed by atoms with Crippen molar-refractivity contribution in [1.29, 1.82) is 0 Å². The van der Waals surface area contributed by atoms with Crippen LogP contribution in [0.3, 0.4) is 0 Å². The SMILES string of the molecule is [He].[Sm].[Th].[U]. The van der Waals surface area contributed by atoms with E-state index in [0.717, 1.165) is 0 Å². The van der Waals surface area contributed by atoms with E-state index < -0.39 is 0 Å². The maximum atomic E-state index is 0. The van der Waals surface area contributed by atoms with E-state index in [1.807, 2.05) is 0 Å². The van der Waals surface area contributed by atoms with Gasteiger partial charge < -0.3 is 0 Å². The van der Waals surface area contributed by atoms with E-state index in [4.69, 9.17) is 0 Å². The first kappa shape index (κ1) is 25.5. The van der Waals surface area contributed by atoms with Crippen molar-refractivity contribution >= 4 is 0 Å². The molecule has 0 unspecified atom stereocenters. The standard InChI is InChI=1S/He.Sm.Th.U. The summed E-state index contributed by atoms with van der Waals surface area (Å²) < 4.78 is 0. The fourth-order valence-electron chi connectivity index (χ4n) is 0. The second kappa shape index (κ2) is 16.0. The fourth-order valence-corrected chi connectivity index (χ4v) is 0. The first-order valence-corrected chi connectivity index (χ1v) is 0. The van der Waals surface area contributed by atoms with Gasteiger partial charge in [-0.05, 0) is 0 Å². The zero-order valence-electron chi connectivity index (χ0n) is 2.12. The zero-order chi connectivity index (χ0) is 0. The van der Waals surface area contributed by atoms with Crippen molar-refractivity contribution < 1.29 is 118 Å². The third kappa shape index (κ3) is 9.16. The van der Waals surface area contributed by atoms with E-state index in [0.29, 0.717) is 0 Å². The average Bonchev–Trinajstić information content (AvgIpc) is 0. The monoisotopic (exact) mass is 626 g/mol. The van der Waals surface area contributed by atoms with Crippen LogP contribution in [0.4, 0.5) is 0 Å². The summed E-state index contributed by atoms with van der Waals surface area (Å²) in [5.74, 6) is 0. The van der Waals surface area contributed by atoms with Gasteiger partial charge in [0, 0.05) is 118 Å². The summed E-state index contributed by atoms with van der Waals surface area (Å²) in [7, 11) is 0. The van der Waals surface area contributed by atoms with Gasteiger partial charge in [-0.25, -0.2) is 0 Å². The van der Waals surface area contributed by atoms with E-state index >= 15 is 0 Å². The first-order chi connectivity index (χ1) is 0. The molecule has 0 saturated heterocycles. The van der Waals surface area contributed by atoms with Crippen LogP contribution in [0.25, 0.3) is 0 Å². The molecular weight excluding hydrogens is 624 g/mol. The molecule has 0 spiro atoms. The molecule has 0 aliphatic carbocycles. The van der Waals surface area contributed by atoms with E-state index in [-0.39, 0.29) is 118 Å². The molecule has 0 radical (unpaired) electrons. The smallest absolute Gasteiger partial charge is 0 e. The second-order valence-corrected chi connectivity index (χ2v) is 0. The Labute approximate surface area is 114 Å². The molecule has 0 nitrogen and oxygen atoms in total. The van der Waals surface area contributed by atoms with E-state index in [2.05, 4.69) is 0 Å². The number of hydrogen-bond donors (Lipinski definition) is 0. The van der Waals surface area contributed by atoms with Crippen molar-refractivity contribution in [3.63, 3.8) is 0 Å². The zero-order valence-corrected chi connectivity index (χ0v) is 13.0. The van der Waals surface area contributed by atoms with E-state index in [1.165, 1.54) is 0 Å². The van der Waals surface area contributed by atoms with Gasteiger partial charge in [0.05, 0.1) is 0 Å². The molecule has 0 aromatic carbocycles. The molecule has 0 bridgehead atoms. The largest absolute Gasteiger partial charge is 0 e. The molecule has 0 rings (SSSR count). The molecule has 0 aliphatic rings. The summed E-state index contributed by atoms with van der Waals surface area (Å²) in [6.45, 7) is 0. The van der Waals surface area contributed by atoms with Crippen LogP contribution in [-0.2, 0) is 0 Å². The van der Waals surface area contributed by atoms with E-state index in [9.17, 15) is 0 Å². The van der Waals surface area contributed by atoms with Crippen LogP contribution in [0.15, 0.2) is 0 Å². The van der Waals surface area contributed by atoms with Crippen LogP contribution in [-0.4, -0.2) is 0 Å². The summed E-state index contributed by atoms with van der Waals surface area (Å²) >= 11 is 0. The van der Waals surface area contributed by atoms with Crippen LogP contribution >= 0.6 is 0 Å². The normalized spacial score (nSPS) is 0. The number of hydrogen-bond acceptors (Lipinski definition) is 0. The molecule has 16 valence electrons. The summed E-state index contributed by atoms with van der Waals surface area (Å²) in [5.41, 5.74) is 0. The van der Waals surface area contributed by atoms with Crippen LogP contribution in [0.1, 0.15) is 0 Å². The Kier molecular flexibility index (Phi) is 102. The first-order valence-electron chi connectivity index (χ1n) is 0. The van der Waals surface area contributed by atoms with Gasteiger partial charge in [-0.3, -0.25) is 0 Å². The topological polar surface area (TPSA) is 0 Å². The summed E-state index contributed by atoms with van der Waals surface area (Å²) in [6, 6.07) is 0. The van der Waals surface area contributed by atoms with Crippen molar-refractivity contribution in [2.24, 2.45) is 0 Å². The van der Waals surface area contributed by atoms with Crippen LogP contribution in [0, 0.1) is 118 Å². The molecule has 0 aliphatic heterocycles. The molecule has 0 saturated carbocycles. The Morgan fingerprint density at radius 2 is 1.00 bits per heavy atom. The van der Waals surface area contributed by atoms with Crippen molar-refractivity contribution in [2.75, 3.05) is 0 Å². The van der Waals surface area contributed by atoms with Gasteiger partial charge in [0.2, 0.25) is 0 Å². The third-order valence-corrected chi connectivity index (χ3v) is 0. The molecule has 4 heavy (non-hydrogen) atoms. The van der Waals surface area contributed by atoms with Gasteiger partial charge >= 0.3 is 0 Å². The maximum absolute atomic E-state index is 0. The Bertz CT molecular complexity index is 8.00. The van der Waals surface area contributed by atoms with E-state index in [1.54, 1.807) is 0 Å². The second-order valence-electron chi connectivity index (χ2n) is 0. The Morgan fingerprint density at radius 3 is 1.00 bits per heavy atom. The predicted molar refractivity (Wildman–Crippen MR) is 0 cm³/mol. The van der Waals surface area contributed by atoms with Gasteiger partial charge in [0.25, 0.3) is 0 Å². The van der Waals surface area contributed by atoms with Crippen LogP contribution in [0.2, 0.25) is 0 Å². The predicted octanol–water partition coefficient (Wildman–Crippen LogP) is 0. The maximum Gasteiger partial charge on any atom is 0 e. The molecule has 0 heterocycles. The third-order valence-electron chi connectivity index (χ3n) is 0. The number of rotatable bonds is 0. The Morgan fingerprint density at radius 1 is 1.00 bits per heavy atom. The molecule has 0 fully saturated rings. The average molecular weight is 624 g/mol. The van der Waals surface area contributed by atoms with Gasteiger partial charge in [-0.2, -0.15) is 0 Å². The van der Waals surface area contributed by atoms with Crippen molar-refractivity contribution in [1.82, 2.24) is 0 Å².